The lowest BCUT2D eigenvalue weighted by Crippen LogP contribution is -2.39. The van der Waals surface area contributed by atoms with Crippen molar-refractivity contribution < 1.29 is 9.82 Å². The van der Waals surface area contributed by atoms with Crippen LogP contribution in [0.5, 0.6) is 0 Å². The highest BCUT2D eigenvalue weighted by atomic mass is 32.2. The number of carbonyl (C=O) groups excluding carboxylic acids is 1. The van der Waals surface area contributed by atoms with Crippen molar-refractivity contribution in [3.63, 3.8) is 0 Å². The number of nitrogens with zero attached hydrogens (tertiary/aromatic N) is 4. The van der Waals surface area contributed by atoms with E-state index in [2.05, 4.69) is 38.4 Å². The molecule has 11 heteroatoms. The van der Waals surface area contributed by atoms with Crippen molar-refractivity contribution in [3.05, 3.63) is 53.0 Å². The van der Waals surface area contributed by atoms with E-state index in [0.717, 1.165) is 6.42 Å². The third-order valence-electron chi connectivity index (χ3n) is 5.16. The van der Waals surface area contributed by atoms with E-state index in [1.54, 1.807) is 40.9 Å². The maximum Gasteiger partial charge on any atom is 0.393 e. The number of amides is 1. The fraction of sp³-hybridized carbons (Fsp3) is 0.333. The molecule has 2 aliphatic rings. The van der Waals surface area contributed by atoms with E-state index in [4.69, 9.17) is 11.0 Å². The Balaban J connectivity index is 1.61. The van der Waals surface area contributed by atoms with Crippen molar-refractivity contribution in [1.29, 1.82) is 5.26 Å². The Morgan fingerprint density at radius 1 is 1.46 bits per heavy atom. The Hall–Kier alpha value is -3.67. The normalized spacial score (nSPS) is 18.6. The summed E-state index contributed by atoms with van der Waals surface area (Å²) in [5.74, 6) is 6.77. The highest BCUT2D eigenvalue weighted by Crippen LogP contribution is 2.31. The van der Waals surface area contributed by atoms with Crippen molar-refractivity contribution in [3.8, 4) is 17.9 Å². The number of hydrogen-bond acceptors (Lipinski definition) is 7. The molecule has 0 spiro atoms. The molecular weight excluding hydrogens is 461 g/mol. The Kier molecular flexibility index (Phi) is 9.85. The minimum atomic E-state index is -0.312. The number of nitrogens with one attached hydrogen (secondary N) is 2. The number of hydrogen-bond donors (Lipinski definition) is 4. The van der Waals surface area contributed by atoms with Crippen LogP contribution in [0, 0.1) is 23.2 Å². The van der Waals surface area contributed by atoms with Crippen LogP contribution in [-0.2, 0) is 4.79 Å². The molecule has 2 unspecified atom stereocenters. The molecule has 35 heavy (non-hydrogen) atoms. The quantitative estimate of drug-likeness (QED) is 0.193. The number of carbonyl (C=O) groups is 1. The standard InChI is InChI=1S/C24H28BN7O2S/c1-2-10-32(23(33)18-14-21-20(8-12-35-21)30-22(27)15-18)11-4-3-9-28-24(31-25-34)29-19-7-5-6-17(13-19)16-26/h5-8,12-14,20-21,25,34H,2,9-11,15H2,1H3,(H2,27,30)(H2,28,29,31). The van der Waals surface area contributed by atoms with Gasteiger partial charge in [0.05, 0.1) is 47.5 Å². The second-order valence-corrected chi connectivity index (χ2v) is 8.89. The van der Waals surface area contributed by atoms with Gasteiger partial charge in [0, 0.05) is 18.5 Å². The maximum absolute atomic E-state index is 13.2. The first kappa shape index (κ1) is 25.9. The monoisotopic (exact) mass is 489 g/mol. The Morgan fingerprint density at radius 3 is 3.09 bits per heavy atom. The molecule has 3 rings (SSSR count). The lowest BCUT2D eigenvalue weighted by Gasteiger charge is -2.21. The summed E-state index contributed by atoms with van der Waals surface area (Å²) in [6.45, 7) is 3.14. The van der Waals surface area contributed by atoms with Crippen molar-refractivity contribution in [1.82, 2.24) is 15.4 Å². The molecule has 2 heterocycles. The van der Waals surface area contributed by atoms with Gasteiger partial charge >= 0.3 is 7.62 Å². The van der Waals surface area contributed by atoms with Crippen LogP contribution in [0.1, 0.15) is 25.3 Å². The van der Waals surface area contributed by atoms with Crippen molar-refractivity contribution in [2.45, 2.75) is 31.1 Å². The molecule has 180 valence electrons. The van der Waals surface area contributed by atoms with Gasteiger partial charge in [-0.15, -0.1) is 11.8 Å². The maximum atomic E-state index is 13.2. The van der Waals surface area contributed by atoms with Crippen LogP contribution in [0.4, 0.5) is 5.69 Å². The van der Waals surface area contributed by atoms with Crippen LogP contribution in [0.15, 0.2) is 57.4 Å². The molecular formula is C24H28BN7O2S. The highest BCUT2D eigenvalue weighted by molar-refractivity contribution is 8.03. The summed E-state index contributed by atoms with van der Waals surface area (Å²) in [5, 5.41) is 26.1. The molecule has 2 aliphatic heterocycles. The molecule has 1 aromatic rings. The van der Waals surface area contributed by atoms with Gasteiger partial charge in [0.1, 0.15) is 0 Å². The molecule has 1 amide bonds. The fourth-order valence-electron chi connectivity index (χ4n) is 3.56. The first-order valence-electron chi connectivity index (χ1n) is 11.3. The zero-order valence-corrected chi connectivity index (χ0v) is 20.4. The molecule has 2 atom stereocenters. The van der Waals surface area contributed by atoms with Crippen molar-refractivity contribution in [2.75, 3.05) is 19.6 Å². The van der Waals surface area contributed by atoms with Crippen molar-refractivity contribution >= 4 is 42.8 Å². The van der Waals surface area contributed by atoms with E-state index >= 15 is 0 Å². The van der Waals surface area contributed by atoms with Crippen molar-refractivity contribution in [2.24, 2.45) is 15.7 Å². The number of nitriles is 1. The number of nitrogens with two attached hydrogens (primary N) is 1. The number of amidine groups is 1. The fourth-order valence-corrected chi connectivity index (χ4v) is 4.54. The number of fused-ring (bicyclic) bond motifs is 1. The highest BCUT2D eigenvalue weighted by Gasteiger charge is 2.28. The van der Waals surface area contributed by atoms with Gasteiger partial charge in [0.2, 0.25) is 0 Å². The van der Waals surface area contributed by atoms with E-state index < -0.39 is 0 Å². The molecule has 0 saturated carbocycles. The van der Waals surface area contributed by atoms with E-state index in [0.29, 0.717) is 41.6 Å². The predicted octanol–water partition coefficient (Wildman–Crippen LogP) is 0.911. The average Bonchev–Trinajstić information content (AvgIpc) is 3.21. The SMILES string of the molecule is CCCN(CC#CCN/C(=N\c1cccc(C#N)c1)NBO)C(=O)C1=CC2SC=CC2N=C(N)C1. The number of guanidine groups is 1. The van der Waals surface area contributed by atoms with Gasteiger partial charge in [-0.1, -0.05) is 37.0 Å². The van der Waals surface area contributed by atoms with E-state index in [9.17, 15) is 9.82 Å². The van der Waals surface area contributed by atoms with E-state index in [-0.39, 0.29) is 37.9 Å². The van der Waals surface area contributed by atoms with E-state index in [1.807, 2.05) is 24.5 Å². The lowest BCUT2D eigenvalue weighted by molar-refractivity contribution is -0.126. The molecule has 5 N–H and O–H groups in total. The zero-order valence-electron chi connectivity index (χ0n) is 19.6. The molecule has 0 fully saturated rings. The first-order chi connectivity index (χ1) is 17.0. The molecule has 0 saturated heterocycles. The van der Waals surface area contributed by atoms with Gasteiger partial charge in [0.25, 0.3) is 5.91 Å². The summed E-state index contributed by atoms with van der Waals surface area (Å²) in [6, 6.07) is 8.87. The van der Waals surface area contributed by atoms with E-state index in [1.165, 1.54) is 0 Å². The van der Waals surface area contributed by atoms with Crippen LogP contribution in [-0.4, -0.2) is 66.2 Å². The summed E-state index contributed by atoms with van der Waals surface area (Å²) >= 11 is 1.64. The number of benzene rings is 1. The third-order valence-corrected chi connectivity index (χ3v) is 6.20. The van der Waals surface area contributed by atoms with Gasteiger partial charge in [-0.05, 0) is 30.0 Å². The number of thioether (sulfide) groups is 1. The minimum Gasteiger partial charge on any atom is -0.435 e. The predicted molar refractivity (Wildman–Crippen MR) is 142 cm³/mol. The lowest BCUT2D eigenvalue weighted by atomic mass is 10.1. The largest absolute Gasteiger partial charge is 0.435 e. The van der Waals surface area contributed by atoms with Crippen LogP contribution in [0.3, 0.4) is 0 Å². The minimum absolute atomic E-state index is 0.0124. The Bertz CT molecular complexity index is 1150. The average molecular weight is 489 g/mol. The zero-order chi connectivity index (χ0) is 25.0. The molecule has 1 aromatic carbocycles. The number of rotatable bonds is 7. The van der Waals surface area contributed by atoms with Crippen LogP contribution in [0.2, 0.25) is 0 Å². The summed E-state index contributed by atoms with van der Waals surface area (Å²) in [4.78, 5) is 23.8. The van der Waals surface area contributed by atoms with Crippen LogP contribution < -0.4 is 16.3 Å². The summed E-state index contributed by atoms with van der Waals surface area (Å²) < 4.78 is 0. The van der Waals surface area contributed by atoms with Crippen LogP contribution in [0.25, 0.3) is 0 Å². The van der Waals surface area contributed by atoms with Gasteiger partial charge in [0.15, 0.2) is 5.96 Å². The second-order valence-electron chi connectivity index (χ2n) is 7.80. The molecule has 9 nitrogen and oxygen atoms in total. The summed E-state index contributed by atoms with van der Waals surface area (Å²) in [7, 11) is -0.312. The van der Waals surface area contributed by atoms with Crippen LogP contribution >= 0.6 is 11.8 Å². The second kappa shape index (κ2) is 13.3. The van der Waals surface area contributed by atoms with Gasteiger partial charge in [-0.3, -0.25) is 9.79 Å². The van der Waals surface area contributed by atoms with Gasteiger partial charge in [-0.25, -0.2) is 4.99 Å². The first-order valence-corrected chi connectivity index (χ1v) is 12.3. The molecule has 0 aromatic heterocycles. The van der Waals surface area contributed by atoms with Gasteiger partial charge < -0.3 is 26.2 Å². The summed E-state index contributed by atoms with van der Waals surface area (Å²) in [5.41, 5.74) is 7.78. The molecule has 0 radical (unpaired) electrons. The molecule has 0 bridgehead atoms. The summed E-state index contributed by atoms with van der Waals surface area (Å²) in [6.07, 6.45) is 5.15. The smallest absolute Gasteiger partial charge is 0.393 e. The topological polar surface area (TPSA) is 139 Å². The molecule has 0 aliphatic carbocycles. The van der Waals surface area contributed by atoms with Gasteiger partial charge in [-0.2, -0.15) is 5.26 Å². The Labute approximate surface area is 210 Å². The Morgan fingerprint density at radius 2 is 2.31 bits per heavy atom. The third kappa shape index (κ3) is 7.67. The number of aliphatic imine (C=N–C) groups is 2.